The third kappa shape index (κ3) is 3.34. The quantitative estimate of drug-likeness (QED) is 0.779. The highest BCUT2D eigenvalue weighted by Gasteiger charge is 2.17. The van der Waals surface area contributed by atoms with Crippen LogP contribution in [-0.2, 0) is 19.9 Å². The normalized spacial score (nSPS) is 10.8. The molecule has 0 fully saturated rings. The van der Waals surface area contributed by atoms with Gasteiger partial charge in [-0.15, -0.1) is 5.10 Å². The number of amides is 1. The molecule has 7 heteroatoms. The topological polar surface area (TPSA) is 85.8 Å². The third-order valence-electron chi connectivity index (χ3n) is 3.81. The molecule has 124 valence electrons. The lowest BCUT2D eigenvalue weighted by Gasteiger charge is -2.02. The number of aromatic nitrogens is 4. The summed E-state index contributed by atoms with van der Waals surface area (Å²) in [7, 11) is 1.71. The molecule has 0 unspecified atom stereocenters. The second kappa shape index (κ2) is 6.66. The summed E-state index contributed by atoms with van der Waals surface area (Å²) >= 11 is 0. The molecule has 3 rings (SSSR count). The Balaban J connectivity index is 1.68. The number of aryl methyl sites for hydroxylation is 3. The molecule has 1 N–H and O–H groups in total. The first-order chi connectivity index (χ1) is 11.6. The summed E-state index contributed by atoms with van der Waals surface area (Å²) in [6, 6.07) is 8.33. The van der Waals surface area contributed by atoms with Crippen LogP contribution in [0.4, 0.5) is 6.01 Å². The molecule has 2 aromatic heterocycles. The largest absolute Gasteiger partial charge is 0.407 e. The Hall–Kier alpha value is -2.96. The molecule has 0 aliphatic rings. The Labute approximate surface area is 139 Å². The van der Waals surface area contributed by atoms with Crippen LogP contribution in [0.3, 0.4) is 0 Å². The van der Waals surface area contributed by atoms with Gasteiger partial charge in [-0.3, -0.25) is 14.8 Å². The first-order valence-corrected chi connectivity index (χ1v) is 7.77. The lowest BCUT2D eigenvalue weighted by Crippen LogP contribution is -2.17. The van der Waals surface area contributed by atoms with Gasteiger partial charge in [-0.2, -0.15) is 5.10 Å². The van der Waals surface area contributed by atoms with Crippen molar-refractivity contribution < 1.29 is 9.21 Å². The third-order valence-corrected chi connectivity index (χ3v) is 3.81. The molecule has 2 heterocycles. The summed E-state index contributed by atoms with van der Waals surface area (Å²) in [6.45, 7) is 3.94. The summed E-state index contributed by atoms with van der Waals surface area (Å²) in [4.78, 5) is 12.3. The number of carbonyl (C=O) groups excluding carboxylic acids is 1. The van der Waals surface area contributed by atoms with Crippen molar-refractivity contribution >= 4 is 11.9 Å². The molecule has 0 aliphatic carbocycles. The number of benzene rings is 1. The zero-order valence-electron chi connectivity index (χ0n) is 13.9. The van der Waals surface area contributed by atoms with Gasteiger partial charge in [-0.1, -0.05) is 36.3 Å². The zero-order chi connectivity index (χ0) is 17.1. The van der Waals surface area contributed by atoms with Gasteiger partial charge in [0.05, 0.1) is 12.6 Å². The molecule has 3 aromatic rings. The van der Waals surface area contributed by atoms with E-state index >= 15 is 0 Å². The molecule has 0 spiro atoms. The van der Waals surface area contributed by atoms with Crippen LogP contribution in [-0.4, -0.2) is 25.9 Å². The van der Waals surface area contributed by atoms with E-state index in [0.717, 1.165) is 17.5 Å². The standard InChI is InChI=1S/C17H19N5O2/c1-4-12-5-7-13(8-6-12)9-14-20-21-17(24-14)19-16(23)15-11(2)10-18-22(15)3/h5-8,10H,4,9H2,1-3H3,(H,19,21,23). The monoisotopic (exact) mass is 325 g/mol. The van der Waals surface area contributed by atoms with Crippen LogP contribution in [0.15, 0.2) is 34.9 Å². The Morgan fingerprint density at radius 3 is 2.54 bits per heavy atom. The van der Waals surface area contributed by atoms with Crippen molar-refractivity contribution in [2.24, 2.45) is 7.05 Å². The maximum absolute atomic E-state index is 12.3. The highest BCUT2D eigenvalue weighted by molar-refractivity contribution is 6.02. The minimum absolute atomic E-state index is 0.0841. The van der Waals surface area contributed by atoms with Crippen LogP contribution in [0.1, 0.15) is 40.0 Å². The van der Waals surface area contributed by atoms with Crippen molar-refractivity contribution in [2.45, 2.75) is 26.7 Å². The SMILES string of the molecule is CCc1ccc(Cc2nnc(NC(=O)c3c(C)cnn3C)o2)cc1. The van der Waals surface area contributed by atoms with E-state index in [1.54, 1.807) is 13.2 Å². The van der Waals surface area contributed by atoms with E-state index in [1.807, 2.05) is 19.1 Å². The van der Waals surface area contributed by atoms with Crippen molar-refractivity contribution in [3.8, 4) is 0 Å². The fourth-order valence-electron chi connectivity index (χ4n) is 2.47. The molecule has 24 heavy (non-hydrogen) atoms. The highest BCUT2D eigenvalue weighted by Crippen LogP contribution is 2.14. The van der Waals surface area contributed by atoms with E-state index < -0.39 is 0 Å². The zero-order valence-corrected chi connectivity index (χ0v) is 13.9. The lowest BCUT2D eigenvalue weighted by molar-refractivity contribution is 0.101. The summed E-state index contributed by atoms with van der Waals surface area (Å²) in [5.74, 6) is 0.131. The second-order valence-corrected chi connectivity index (χ2v) is 5.60. The van der Waals surface area contributed by atoms with Crippen LogP contribution in [0.2, 0.25) is 0 Å². The van der Waals surface area contributed by atoms with Crippen LogP contribution >= 0.6 is 0 Å². The van der Waals surface area contributed by atoms with E-state index in [0.29, 0.717) is 18.0 Å². The van der Waals surface area contributed by atoms with Gasteiger partial charge in [0, 0.05) is 7.05 Å². The Morgan fingerprint density at radius 1 is 1.21 bits per heavy atom. The number of rotatable bonds is 5. The predicted octanol–water partition coefficient (Wildman–Crippen LogP) is 2.52. The van der Waals surface area contributed by atoms with E-state index in [9.17, 15) is 4.79 Å². The summed E-state index contributed by atoms with van der Waals surface area (Å²) in [6.07, 6.45) is 3.16. The van der Waals surface area contributed by atoms with Crippen molar-refractivity contribution in [2.75, 3.05) is 5.32 Å². The van der Waals surface area contributed by atoms with Gasteiger partial charge < -0.3 is 4.42 Å². The number of anilines is 1. The lowest BCUT2D eigenvalue weighted by atomic mass is 10.1. The Bertz CT molecular complexity index is 829. The minimum atomic E-state index is -0.324. The molecular formula is C17H19N5O2. The summed E-state index contributed by atoms with van der Waals surface area (Å²) in [5, 5.41) is 14.5. The molecule has 0 bridgehead atoms. The van der Waals surface area contributed by atoms with Crippen LogP contribution in [0.5, 0.6) is 0 Å². The summed E-state index contributed by atoms with van der Waals surface area (Å²) in [5.41, 5.74) is 3.61. The van der Waals surface area contributed by atoms with E-state index in [-0.39, 0.29) is 11.9 Å². The van der Waals surface area contributed by atoms with Crippen molar-refractivity contribution in [1.82, 2.24) is 20.0 Å². The Kier molecular flexibility index (Phi) is 4.41. The van der Waals surface area contributed by atoms with Gasteiger partial charge >= 0.3 is 6.01 Å². The van der Waals surface area contributed by atoms with Crippen molar-refractivity contribution in [3.05, 3.63) is 58.7 Å². The smallest absolute Gasteiger partial charge is 0.322 e. The molecule has 1 amide bonds. The maximum Gasteiger partial charge on any atom is 0.322 e. The van der Waals surface area contributed by atoms with E-state index in [4.69, 9.17) is 4.42 Å². The molecule has 1 aromatic carbocycles. The molecule has 0 radical (unpaired) electrons. The number of nitrogens with zero attached hydrogens (tertiary/aromatic N) is 4. The van der Waals surface area contributed by atoms with Gasteiger partial charge in [-0.05, 0) is 30.0 Å². The first kappa shape index (κ1) is 15.9. The number of carbonyl (C=O) groups is 1. The van der Waals surface area contributed by atoms with Crippen molar-refractivity contribution in [1.29, 1.82) is 0 Å². The molecule has 0 aliphatic heterocycles. The molecular weight excluding hydrogens is 306 g/mol. The van der Waals surface area contributed by atoms with E-state index in [2.05, 4.69) is 39.7 Å². The molecule has 0 atom stereocenters. The van der Waals surface area contributed by atoms with Gasteiger partial charge in [0.2, 0.25) is 5.89 Å². The van der Waals surface area contributed by atoms with Crippen LogP contribution < -0.4 is 5.32 Å². The fraction of sp³-hybridized carbons (Fsp3) is 0.294. The molecule has 0 saturated heterocycles. The average Bonchev–Trinajstić information content (AvgIpc) is 3.14. The highest BCUT2D eigenvalue weighted by atomic mass is 16.4. The minimum Gasteiger partial charge on any atom is -0.407 e. The van der Waals surface area contributed by atoms with Gasteiger partial charge in [0.15, 0.2) is 0 Å². The van der Waals surface area contributed by atoms with Crippen molar-refractivity contribution in [3.63, 3.8) is 0 Å². The number of hydrogen-bond donors (Lipinski definition) is 1. The van der Waals surface area contributed by atoms with Gasteiger partial charge in [-0.25, -0.2) is 0 Å². The van der Waals surface area contributed by atoms with E-state index in [1.165, 1.54) is 10.2 Å². The Morgan fingerprint density at radius 2 is 1.92 bits per heavy atom. The molecule has 0 saturated carbocycles. The van der Waals surface area contributed by atoms with Gasteiger partial charge in [0.25, 0.3) is 5.91 Å². The summed E-state index contributed by atoms with van der Waals surface area (Å²) < 4.78 is 7.02. The maximum atomic E-state index is 12.3. The van der Waals surface area contributed by atoms with Crippen LogP contribution in [0, 0.1) is 6.92 Å². The average molecular weight is 325 g/mol. The van der Waals surface area contributed by atoms with Crippen LogP contribution in [0.25, 0.3) is 0 Å². The second-order valence-electron chi connectivity index (χ2n) is 5.60. The fourth-order valence-corrected chi connectivity index (χ4v) is 2.47. The number of nitrogens with one attached hydrogen (secondary N) is 1. The molecule has 7 nitrogen and oxygen atoms in total. The predicted molar refractivity (Wildman–Crippen MR) is 88.8 cm³/mol. The first-order valence-electron chi connectivity index (χ1n) is 7.77. The number of hydrogen-bond acceptors (Lipinski definition) is 5. The van der Waals surface area contributed by atoms with Gasteiger partial charge in [0.1, 0.15) is 5.69 Å².